The molecule has 26 heavy (non-hydrogen) atoms. The average molecular weight is 341 g/mol. The van der Waals surface area contributed by atoms with Gasteiger partial charge in [0.1, 0.15) is 12.4 Å². The summed E-state index contributed by atoms with van der Waals surface area (Å²) in [5, 5.41) is 3.02. The molecule has 128 valence electrons. The highest BCUT2D eigenvalue weighted by Gasteiger charge is 2.02. The normalized spacial score (nSPS) is 9.73. The summed E-state index contributed by atoms with van der Waals surface area (Å²) < 4.78 is 5.79. The van der Waals surface area contributed by atoms with Gasteiger partial charge < -0.3 is 10.1 Å². The van der Waals surface area contributed by atoms with Gasteiger partial charge in [0, 0.05) is 23.9 Å². The van der Waals surface area contributed by atoms with Crippen molar-refractivity contribution >= 4 is 11.5 Å². The summed E-state index contributed by atoms with van der Waals surface area (Å²) in [6.07, 6.45) is 0. The van der Waals surface area contributed by atoms with E-state index in [1.807, 2.05) is 73.8 Å². The summed E-state index contributed by atoms with van der Waals surface area (Å²) in [7, 11) is 1.84. The van der Waals surface area contributed by atoms with Crippen molar-refractivity contribution in [2.24, 2.45) is 0 Å². The Morgan fingerprint density at radius 2 is 1.73 bits per heavy atom. The van der Waals surface area contributed by atoms with Gasteiger partial charge in [-0.2, -0.15) is 0 Å². The van der Waals surface area contributed by atoms with Crippen LogP contribution in [0.3, 0.4) is 0 Å². The van der Waals surface area contributed by atoms with Crippen molar-refractivity contribution in [3.05, 3.63) is 95.6 Å². The molecule has 0 radical (unpaired) electrons. The zero-order valence-electron chi connectivity index (χ0n) is 14.5. The Morgan fingerprint density at radius 3 is 2.46 bits per heavy atom. The number of ether oxygens (including phenoxy) is 1. The molecule has 0 atom stereocenters. The molecule has 0 spiro atoms. The van der Waals surface area contributed by atoms with E-state index in [-0.39, 0.29) is 5.78 Å². The highest BCUT2D eigenvalue weighted by molar-refractivity contribution is 6.09. The van der Waals surface area contributed by atoms with Crippen LogP contribution in [0, 0.1) is 11.8 Å². The van der Waals surface area contributed by atoms with Crippen LogP contribution in [-0.4, -0.2) is 12.8 Å². The Labute approximate surface area is 153 Å². The van der Waals surface area contributed by atoms with E-state index in [2.05, 4.69) is 17.2 Å². The van der Waals surface area contributed by atoms with Gasteiger partial charge in [0.05, 0.1) is 0 Å². The largest absolute Gasteiger partial charge is 0.489 e. The molecule has 0 saturated heterocycles. The van der Waals surface area contributed by atoms with Gasteiger partial charge >= 0.3 is 0 Å². The van der Waals surface area contributed by atoms with Crippen LogP contribution in [0.15, 0.2) is 78.9 Å². The van der Waals surface area contributed by atoms with Crippen LogP contribution in [0.2, 0.25) is 0 Å². The molecule has 0 aromatic heterocycles. The maximum atomic E-state index is 12.2. The third kappa shape index (κ3) is 4.75. The second-order valence-electron chi connectivity index (χ2n) is 5.71. The van der Waals surface area contributed by atoms with Crippen molar-refractivity contribution in [1.29, 1.82) is 0 Å². The average Bonchev–Trinajstić information content (AvgIpc) is 2.71. The SMILES string of the molecule is CNc1ccc(C(=O)C#Cc2cccc(OCc3ccccc3)c2)cc1. The van der Waals surface area contributed by atoms with Crippen LogP contribution in [-0.2, 0) is 6.61 Å². The Bertz CT molecular complexity index is 935. The van der Waals surface area contributed by atoms with E-state index in [1.165, 1.54) is 0 Å². The minimum Gasteiger partial charge on any atom is -0.489 e. The standard InChI is InChI=1S/C23H19NO2/c1-24-21-13-11-20(12-14-21)23(25)15-10-18-8-5-9-22(16-18)26-17-19-6-3-2-4-7-19/h2-9,11-14,16,24H,17H2,1H3. The first kappa shape index (κ1) is 17.3. The molecule has 0 saturated carbocycles. The molecule has 0 heterocycles. The zero-order chi connectivity index (χ0) is 18.2. The highest BCUT2D eigenvalue weighted by atomic mass is 16.5. The second-order valence-corrected chi connectivity index (χ2v) is 5.71. The van der Waals surface area contributed by atoms with Gasteiger partial charge in [-0.15, -0.1) is 0 Å². The molecule has 3 nitrogen and oxygen atoms in total. The summed E-state index contributed by atoms with van der Waals surface area (Å²) in [6, 6.07) is 24.7. The predicted octanol–water partition coefficient (Wildman–Crippen LogP) is 4.54. The molecular weight excluding hydrogens is 322 g/mol. The molecule has 3 rings (SSSR count). The van der Waals surface area contributed by atoms with Crippen molar-refractivity contribution in [3.8, 4) is 17.6 Å². The molecule has 0 aliphatic heterocycles. The van der Waals surface area contributed by atoms with E-state index >= 15 is 0 Å². The number of nitrogens with one attached hydrogen (secondary N) is 1. The lowest BCUT2D eigenvalue weighted by Gasteiger charge is -2.06. The summed E-state index contributed by atoms with van der Waals surface area (Å²) in [4.78, 5) is 12.2. The second kappa shape index (κ2) is 8.55. The maximum absolute atomic E-state index is 12.2. The van der Waals surface area contributed by atoms with Crippen LogP contribution in [0.5, 0.6) is 5.75 Å². The van der Waals surface area contributed by atoms with E-state index in [9.17, 15) is 4.79 Å². The molecule has 1 N–H and O–H groups in total. The molecule has 3 heteroatoms. The number of benzene rings is 3. The van der Waals surface area contributed by atoms with E-state index in [1.54, 1.807) is 12.1 Å². The molecule has 3 aromatic carbocycles. The lowest BCUT2D eigenvalue weighted by Crippen LogP contribution is -1.96. The minimum absolute atomic E-state index is 0.205. The quantitative estimate of drug-likeness (QED) is 0.547. The van der Waals surface area contributed by atoms with Gasteiger partial charge in [0.25, 0.3) is 0 Å². The third-order valence-corrected chi connectivity index (χ3v) is 3.84. The molecular formula is C23H19NO2. The number of hydrogen-bond acceptors (Lipinski definition) is 3. The lowest BCUT2D eigenvalue weighted by molar-refractivity contribution is 0.105. The lowest BCUT2D eigenvalue weighted by atomic mass is 10.1. The number of rotatable bonds is 5. The van der Waals surface area contributed by atoms with Crippen molar-refractivity contribution in [2.45, 2.75) is 6.61 Å². The minimum atomic E-state index is -0.205. The first-order valence-corrected chi connectivity index (χ1v) is 8.35. The molecule has 0 aliphatic rings. The van der Waals surface area contributed by atoms with E-state index in [0.29, 0.717) is 12.2 Å². The smallest absolute Gasteiger partial charge is 0.236 e. The van der Waals surface area contributed by atoms with Crippen molar-refractivity contribution in [2.75, 3.05) is 12.4 Å². The van der Waals surface area contributed by atoms with Gasteiger partial charge in [0.2, 0.25) is 5.78 Å². The van der Waals surface area contributed by atoms with Gasteiger partial charge in [-0.1, -0.05) is 42.3 Å². The predicted molar refractivity (Wildman–Crippen MR) is 104 cm³/mol. The molecule has 0 amide bonds. The maximum Gasteiger partial charge on any atom is 0.236 e. The van der Waals surface area contributed by atoms with Crippen LogP contribution in [0.25, 0.3) is 0 Å². The van der Waals surface area contributed by atoms with E-state index < -0.39 is 0 Å². The zero-order valence-corrected chi connectivity index (χ0v) is 14.5. The first-order chi connectivity index (χ1) is 12.7. The Hall–Kier alpha value is -3.51. The van der Waals surface area contributed by atoms with Crippen molar-refractivity contribution in [3.63, 3.8) is 0 Å². The highest BCUT2D eigenvalue weighted by Crippen LogP contribution is 2.15. The Balaban J connectivity index is 1.66. The molecule has 0 aliphatic carbocycles. The summed E-state index contributed by atoms with van der Waals surface area (Å²) in [5.74, 6) is 6.13. The Kier molecular flexibility index (Phi) is 5.69. The van der Waals surface area contributed by atoms with Crippen LogP contribution in [0.4, 0.5) is 5.69 Å². The molecule has 0 unspecified atom stereocenters. The number of hydrogen-bond donors (Lipinski definition) is 1. The number of anilines is 1. The first-order valence-electron chi connectivity index (χ1n) is 8.35. The van der Waals surface area contributed by atoms with Gasteiger partial charge in [0.15, 0.2) is 0 Å². The van der Waals surface area contributed by atoms with E-state index in [4.69, 9.17) is 4.74 Å². The number of carbonyl (C=O) groups excluding carboxylic acids is 1. The summed E-state index contributed by atoms with van der Waals surface area (Å²) in [5.41, 5.74) is 3.38. The van der Waals surface area contributed by atoms with Crippen LogP contribution in [0.1, 0.15) is 21.5 Å². The molecule has 0 bridgehead atoms. The number of carbonyl (C=O) groups is 1. The van der Waals surface area contributed by atoms with Gasteiger partial charge in [-0.25, -0.2) is 0 Å². The number of Topliss-reactive ketones (excluding diaryl/α,β-unsaturated/α-hetero) is 1. The van der Waals surface area contributed by atoms with Gasteiger partial charge in [-0.3, -0.25) is 4.79 Å². The van der Waals surface area contributed by atoms with Crippen molar-refractivity contribution < 1.29 is 9.53 Å². The third-order valence-electron chi connectivity index (χ3n) is 3.84. The monoisotopic (exact) mass is 341 g/mol. The topological polar surface area (TPSA) is 38.3 Å². The summed E-state index contributed by atoms with van der Waals surface area (Å²) in [6.45, 7) is 0.495. The molecule has 3 aromatic rings. The van der Waals surface area contributed by atoms with Crippen LogP contribution < -0.4 is 10.1 Å². The Morgan fingerprint density at radius 1 is 0.962 bits per heavy atom. The summed E-state index contributed by atoms with van der Waals surface area (Å²) >= 11 is 0. The van der Waals surface area contributed by atoms with Crippen LogP contribution >= 0.6 is 0 Å². The fourth-order valence-electron chi connectivity index (χ4n) is 2.39. The van der Waals surface area contributed by atoms with E-state index in [0.717, 1.165) is 22.6 Å². The fourth-order valence-corrected chi connectivity index (χ4v) is 2.39. The number of ketones is 1. The molecule has 0 fully saturated rings. The fraction of sp³-hybridized carbons (Fsp3) is 0.0870. The van der Waals surface area contributed by atoms with Gasteiger partial charge in [-0.05, 0) is 53.9 Å². The van der Waals surface area contributed by atoms with Crippen molar-refractivity contribution in [1.82, 2.24) is 0 Å².